The molecule has 9 nitrogen and oxygen atoms in total. The van der Waals surface area contributed by atoms with Gasteiger partial charge in [0, 0.05) is 49.4 Å². The summed E-state index contributed by atoms with van der Waals surface area (Å²) in [5.41, 5.74) is 8.55. The normalized spacial score (nSPS) is 23.4. The molecule has 2 fully saturated rings. The molecule has 0 saturated carbocycles. The van der Waals surface area contributed by atoms with Crippen molar-refractivity contribution in [2.24, 2.45) is 19.8 Å². The van der Waals surface area contributed by atoms with E-state index in [0.29, 0.717) is 45.3 Å². The number of nitrogens with one attached hydrogen (secondary N) is 1. The van der Waals surface area contributed by atoms with Crippen LogP contribution in [0.5, 0.6) is 0 Å². The molecule has 2 bridgehead atoms. The molecule has 160 valence electrons. The molecular formula is C21H23ClN8O. The van der Waals surface area contributed by atoms with E-state index < -0.39 is 0 Å². The molecule has 1 aromatic carbocycles. The highest BCUT2D eigenvalue weighted by atomic mass is 35.5. The maximum atomic E-state index is 13.5. The Kier molecular flexibility index (Phi) is 3.97. The number of fused-ring (bicyclic) bond motifs is 4. The quantitative estimate of drug-likeness (QED) is 0.497. The monoisotopic (exact) mass is 438 g/mol. The number of halogens is 1. The molecule has 0 spiro atoms. The van der Waals surface area contributed by atoms with Crippen LogP contribution in [0, 0.1) is 0 Å². The first-order chi connectivity index (χ1) is 14.9. The van der Waals surface area contributed by atoms with Gasteiger partial charge in [0.1, 0.15) is 11.1 Å². The highest BCUT2D eigenvalue weighted by Gasteiger charge is 2.41. The number of nitrogens with two attached hydrogens (primary N) is 1. The van der Waals surface area contributed by atoms with Gasteiger partial charge in [0.15, 0.2) is 5.65 Å². The number of piperidine rings is 1. The first-order valence-corrected chi connectivity index (χ1v) is 10.9. The molecule has 3 aromatic heterocycles. The second kappa shape index (κ2) is 6.54. The molecule has 0 unspecified atom stereocenters. The van der Waals surface area contributed by atoms with Crippen LogP contribution in [-0.2, 0) is 14.1 Å². The lowest BCUT2D eigenvalue weighted by atomic mass is 9.98. The Labute approximate surface area is 182 Å². The predicted octanol–water partition coefficient (Wildman–Crippen LogP) is 2.32. The average Bonchev–Trinajstić information content (AvgIpc) is 3.39. The van der Waals surface area contributed by atoms with E-state index in [1.165, 1.54) is 0 Å². The van der Waals surface area contributed by atoms with Crippen LogP contribution in [0.2, 0.25) is 5.02 Å². The van der Waals surface area contributed by atoms with E-state index >= 15 is 0 Å². The van der Waals surface area contributed by atoms with Crippen LogP contribution in [0.4, 0.5) is 5.95 Å². The van der Waals surface area contributed by atoms with Crippen LogP contribution in [0.3, 0.4) is 0 Å². The first-order valence-electron chi connectivity index (χ1n) is 10.5. The Hall–Kier alpha value is -2.91. The third kappa shape index (κ3) is 2.66. The molecule has 31 heavy (non-hydrogen) atoms. The maximum Gasteiger partial charge on any atom is 0.266 e. The van der Waals surface area contributed by atoms with Crippen molar-refractivity contribution in [2.75, 3.05) is 4.90 Å². The van der Waals surface area contributed by atoms with Gasteiger partial charge in [-0.3, -0.25) is 19.1 Å². The standard InChI is InChI=1S/C21H23ClN8O/c1-28-9-14-15(27-28)6-5-13(17(14)22)18-16-19(26-25-18)24-21(29(2)20(16)31)30-11-3-4-12(30)8-10(23)7-11/h5-6,9-12H,3-4,7-8,23H2,1-2H3,(H,25,26)/t10-,11+,12-. The second-order valence-corrected chi connectivity index (χ2v) is 9.14. The van der Waals surface area contributed by atoms with Crippen molar-refractivity contribution >= 4 is 39.5 Å². The van der Waals surface area contributed by atoms with Crippen LogP contribution in [0.1, 0.15) is 25.7 Å². The van der Waals surface area contributed by atoms with Gasteiger partial charge in [0.05, 0.1) is 10.5 Å². The van der Waals surface area contributed by atoms with Crippen molar-refractivity contribution in [3.05, 3.63) is 33.7 Å². The second-order valence-electron chi connectivity index (χ2n) is 8.76. The molecule has 5 heterocycles. The highest BCUT2D eigenvalue weighted by Crippen LogP contribution is 2.39. The zero-order valence-corrected chi connectivity index (χ0v) is 18.1. The van der Waals surface area contributed by atoms with E-state index in [9.17, 15) is 4.79 Å². The number of hydrogen-bond donors (Lipinski definition) is 2. The van der Waals surface area contributed by atoms with Gasteiger partial charge in [-0.25, -0.2) is 0 Å². The van der Waals surface area contributed by atoms with Gasteiger partial charge in [-0.1, -0.05) is 11.6 Å². The largest absolute Gasteiger partial charge is 0.336 e. The van der Waals surface area contributed by atoms with E-state index in [-0.39, 0.29) is 11.6 Å². The predicted molar refractivity (Wildman–Crippen MR) is 120 cm³/mol. The highest BCUT2D eigenvalue weighted by molar-refractivity contribution is 6.38. The van der Waals surface area contributed by atoms with Crippen molar-refractivity contribution in [2.45, 2.75) is 43.8 Å². The summed E-state index contributed by atoms with van der Waals surface area (Å²) in [6, 6.07) is 4.62. The molecule has 3 atom stereocenters. The number of benzene rings is 1. The summed E-state index contributed by atoms with van der Waals surface area (Å²) in [4.78, 5) is 20.6. The molecule has 0 radical (unpaired) electrons. The molecule has 4 aromatic rings. The smallest absolute Gasteiger partial charge is 0.266 e. The SMILES string of the molecule is Cn1cc2c(Cl)c(-c3n[nH]c4nc(N5[C@@H]6CC[C@H]5C[C@@H](N)C6)n(C)c(=O)c34)ccc2n1. The lowest BCUT2D eigenvalue weighted by Crippen LogP contribution is -2.49. The summed E-state index contributed by atoms with van der Waals surface area (Å²) < 4.78 is 3.36. The van der Waals surface area contributed by atoms with Gasteiger partial charge in [-0.05, 0) is 37.8 Å². The Bertz CT molecular complexity index is 1390. The minimum atomic E-state index is -0.139. The lowest BCUT2D eigenvalue weighted by Gasteiger charge is -2.38. The number of aromatic nitrogens is 6. The topological polar surface area (TPSA) is 111 Å². The van der Waals surface area contributed by atoms with Crippen LogP contribution in [0.15, 0.2) is 23.1 Å². The molecular weight excluding hydrogens is 416 g/mol. The van der Waals surface area contributed by atoms with Crippen molar-refractivity contribution in [3.63, 3.8) is 0 Å². The van der Waals surface area contributed by atoms with Gasteiger partial charge < -0.3 is 10.6 Å². The molecule has 3 N–H and O–H groups in total. The third-order valence-electron chi connectivity index (χ3n) is 6.77. The number of nitrogens with zero attached hydrogens (tertiary/aromatic N) is 6. The van der Waals surface area contributed by atoms with Crippen LogP contribution in [-0.4, -0.2) is 47.7 Å². The summed E-state index contributed by atoms with van der Waals surface area (Å²) >= 11 is 6.70. The minimum Gasteiger partial charge on any atom is -0.336 e. The van der Waals surface area contributed by atoms with Crippen LogP contribution in [0.25, 0.3) is 33.2 Å². The number of H-pyrrole nitrogens is 1. The molecule has 6 rings (SSSR count). The number of rotatable bonds is 2. The van der Waals surface area contributed by atoms with Crippen molar-refractivity contribution in [1.82, 2.24) is 29.5 Å². The van der Waals surface area contributed by atoms with Gasteiger partial charge in [-0.15, -0.1) is 0 Å². The summed E-state index contributed by atoms with van der Waals surface area (Å²) in [6.07, 6.45) is 5.89. The number of hydrogen-bond acceptors (Lipinski definition) is 6. The van der Waals surface area contributed by atoms with E-state index in [1.54, 1.807) is 16.3 Å². The first kappa shape index (κ1) is 18.8. The Balaban J connectivity index is 1.52. The fourth-order valence-corrected chi connectivity index (χ4v) is 5.68. The number of aryl methyl sites for hydroxylation is 1. The number of aromatic amines is 1. The minimum absolute atomic E-state index is 0.139. The summed E-state index contributed by atoms with van der Waals surface area (Å²) in [5, 5.41) is 13.6. The van der Waals surface area contributed by atoms with E-state index in [4.69, 9.17) is 22.3 Å². The Morgan fingerprint density at radius 2 is 1.94 bits per heavy atom. The van der Waals surface area contributed by atoms with Crippen LogP contribution >= 0.6 is 11.6 Å². The van der Waals surface area contributed by atoms with Crippen molar-refractivity contribution in [1.29, 1.82) is 0 Å². The van der Waals surface area contributed by atoms with Gasteiger partial charge >= 0.3 is 0 Å². The molecule has 2 aliphatic rings. The zero-order chi connectivity index (χ0) is 21.4. The Morgan fingerprint density at radius 1 is 1.19 bits per heavy atom. The maximum absolute atomic E-state index is 13.5. The van der Waals surface area contributed by atoms with Crippen LogP contribution < -0.4 is 16.2 Å². The molecule has 0 amide bonds. The summed E-state index contributed by atoms with van der Waals surface area (Å²) in [5.74, 6) is 0.681. The molecule has 2 aliphatic heterocycles. The molecule has 10 heteroatoms. The lowest BCUT2D eigenvalue weighted by molar-refractivity contribution is 0.405. The van der Waals surface area contributed by atoms with Crippen molar-refractivity contribution in [3.8, 4) is 11.3 Å². The van der Waals surface area contributed by atoms with Crippen molar-refractivity contribution < 1.29 is 0 Å². The molecule has 0 aliphatic carbocycles. The average molecular weight is 439 g/mol. The van der Waals surface area contributed by atoms with Gasteiger partial charge in [0.25, 0.3) is 5.56 Å². The number of anilines is 1. The summed E-state index contributed by atoms with van der Waals surface area (Å²) in [7, 11) is 3.63. The van der Waals surface area contributed by atoms with Gasteiger partial charge in [-0.2, -0.15) is 15.2 Å². The van der Waals surface area contributed by atoms with Gasteiger partial charge in [0.2, 0.25) is 5.95 Å². The fraction of sp³-hybridized carbons (Fsp3) is 0.429. The molecule has 2 saturated heterocycles. The Morgan fingerprint density at radius 3 is 2.68 bits per heavy atom. The van der Waals surface area contributed by atoms with E-state index in [0.717, 1.165) is 36.6 Å². The third-order valence-corrected chi connectivity index (χ3v) is 7.18. The summed E-state index contributed by atoms with van der Waals surface area (Å²) in [6.45, 7) is 0. The zero-order valence-electron chi connectivity index (χ0n) is 17.3. The van der Waals surface area contributed by atoms with E-state index in [2.05, 4.69) is 20.2 Å². The fourth-order valence-electron chi connectivity index (χ4n) is 5.38. The van der Waals surface area contributed by atoms with E-state index in [1.807, 2.05) is 25.4 Å².